The second kappa shape index (κ2) is 6.11. The van der Waals surface area contributed by atoms with Crippen molar-refractivity contribution >= 4 is 19.9 Å². The Morgan fingerprint density at radius 1 is 1.24 bits per heavy atom. The molecule has 0 spiro atoms. The second-order valence-electron chi connectivity index (χ2n) is 6.27. The average molecular weight is 340 g/mol. The number of sulfone groups is 1. The first-order valence-corrected chi connectivity index (χ1v) is 10.5. The lowest BCUT2D eigenvalue weighted by Crippen LogP contribution is -2.47. The normalized spacial score (nSPS) is 31.8. The van der Waals surface area contributed by atoms with Gasteiger partial charge in [-0.3, -0.25) is 0 Å². The van der Waals surface area contributed by atoms with Crippen LogP contribution in [0.4, 0.5) is 0 Å². The van der Waals surface area contributed by atoms with E-state index in [4.69, 9.17) is 0 Å². The van der Waals surface area contributed by atoms with Crippen LogP contribution in [0.5, 0.6) is 0 Å². The first kappa shape index (κ1) is 17.1. The van der Waals surface area contributed by atoms with Crippen molar-refractivity contribution in [3.63, 3.8) is 0 Å². The summed E-state index contributed by atoms with van der Waals surface area (Å²) in [5.41, 5.74) is 0. The van der Waals surface area contributed by atoms with Gasteiger partial charge in [0.2, 0.25) is 10.0 Å². The molecule has 1 N–H and O–H groups in total. The molecule has 2 rings (SSSR count). The Balaban J connectivity index is 2.14. The summed E-state index contributed by atoms with van der Waals surface area (Å²) in [5, 5.41) is 9.16. The van der Waals surface area contributed by atoms with Crippen molar-refractivity contribution < 1.29 is 21.9 Å². The molecule has 7 nitrogen and oxygen atoms in total. The number of aliphatic hydroxyl groups excluding tert-OH is 1. The minimum atomic E-state index is -3.56. The van der Waals surface area contributed by atoms with Crippen LogP contribution in [0.15, 0.2) is 0 Å². The number of likely N-dealkylation sites (N-methyl/N-ethyl adjacent to an activating group) is 1. The summed E-state index contributed by atoms with van der Waals surface area (Å²) in [6.07, 6.45) is 0.109. The predicted molar refractivity (Wildman–Crippen MR) is 80.3 cm³/mol. The van der Waals surface area contributed by atoms with E-state index in [1.54, 1.807) is 0 Å². The molecule has 0 amide bonds. The molecule has 0 aromatic heterocycles. The van der Waals surface area contributed by atoms with Crippen LogP contribution in [0.2, 0.25) is 0 Å². The van der Waals surface area contributed by atoms with E-state index in [-0.39, 0.29) is 36.9 Å². The van der Waals surface area contributed by atoms with E-state index >= 15 is 0 Å². The van der Waals surface area contributed by atoms with Gasteiger partial charge in [-0.25, -0.2) is 16.8 Å². The lowest BCUT2D eigenvalue weighted by Gasteiger charge is -2.31. The van der Waals surface area contributed by atoms with Crippen molar-refractivity contribution in [3.05, 3.63) is 0 Å². The highest BCUT2D eigenvalue weighted by molar-refractivity contribution is 7.92. The zero-order valence-electron chi connectivity index (χ0n) is 12.5. The molecule has 2 saturated heterocycles. The number of rotatable bonds is 4. The van der Waals surface area contributed by atoms with Crippen molar-refractivity contribution in [2.45, 2.75) is 36.7 Å². The molecule has 21 heavy (non-hydrogen) atoms. The second-order valence-corrected chi connectivity index (χ2v) is 10.7. The Labute approximate surface area is 126 Å². The van der Waals surface area contributed by atoms with Gasteiger partial charge in [0.05, 0.1) is 22.9 Å². The summed E-state index contributed by atoms with van der Waals surface area (Å²) in [6.45, 7) is 0.672. The van der Waals surface area contributed by atoms with Crippen LogP contribution in [0.3, 0.4) is 0 Å². The molecule has 0 aliphatic carbocycles. The standard InChI is InChI=1S/C12H24N2O5S2/c1-13(2)8-10-7-11(15)9-14(10)21(18,19)12-3-5-20(16,17)6-4-12/h10-12,15H,3-9H2,1-2H3. The van der Waals surface area contributed by atoms with Gasteiger partial charge >= 0.3 is 0 Å². The van der Waals surface area contributed by atoms with E-state index in [0.29, 0.717) is 13.0 Å². The van der Waals surface area contributed by atoms with Gasteiger partial charge in [-0.2, -0.15) is 4.31 Å². The van der Waals surface area contributed by atoms with Gasteiger partial charge in [0.1, 0.15) is 9.84 Å². The van der Waals surface area contributed by atoms with Crippen LogP contribution in [-0.4, -0.2) is 87.2 Å². The number of aliphatic hydroxyl groups is 1. The third-order valence-electron chi connectivity index (χ3n) is 4.17. The maximum Gasteiger partial charge on any atom is 0.217 e. The van der Waals surface area contributed by atoms with Crippen LogP contribution in [-0.2, 0) is 19.9 Å². The topological polar surface area (TPSA) is 95.0 Å². The molecule has 0 aromatic carbocycles. The summed E-state index contributed by atoms with van der Waals surface area (Å²) < 4.78 is 49.8. The Morgan fingerprint density at radius 2 is 1.81 bits per heavy atom. The third kappa shape index (κ3) is 3.95. The summed E-state index contributed by atoms with van der Waals surface area (Å²) in [5.74, 6) is -0.128. The van der Waals surface area contributed by atoms with Crippen molar-refractivity contribution in [1.82, 2.24) is 9.21 Å². The fraction of sp³-hybridized carbons (Fsp3) is 1.00. The van der Waals surface area contributed by atoms with Gasteiger partial charge < -0.3 is 10.0 Å². The zero-order chi connectivity index (χ0) is 15.8. The zero-order valence-corrected chi connectivity index (χ0v) is 14.1. The highest BCUT2D eigenvalue weighted by Crippen LogP contribution is 2.29. The quantitative estimate of drug-likeness (QED) is 0.697. The van der Waals surface area contributed by atoms with Crippen molar-refractivity contribution in [3.8, 4) is 0 Å². The molecule has 0 bridgehead atoms. The molecule has 2 unspecified atom stereocenters. The average Bonchev–Trinajstić information content (AvgIpc) is 2.69. The molecule has 0 saturated carbocycles. The van der Waals surface area contributed by atoms with Gasteiger partial charge in [0.15, 0.2) is 0 Å². The van der Waals surface area contributed by atoms with Crippen molar-refractivity contribution in [2.75, 3.05) is 38.7 Å². The SMILES string of the molecule is CN(C)CC1CC(O)CN1S(=O)(=O)C1CCS(=O)(=O)CC1. The smallest absolute Gasteiger partial charge is 0.217 e. The molecular formula is C12H24N2O5S2. The van der Waals surface area contributed by atoms with Gasteiger partial charge in [0, 0.05) is 19.1 Å². The molecule has 0 aromatic rings. The Bertz CT molecular complexity index is 558. The molecule has 2 heterocycles. The number of sulfonamides is 1. The van der Waals surface area contributed by atoms with Crippen LogP contribution in [0, 0.1) is 0 Å². The summed E-state index contributed by atoms with van der Waals surface area (Å²) >= 11 is 0. The van der Waals surface area contributed by atoms with Crippen LogP contribution in [0.1, 0.15) is 19.3 Å². The van der Waals surface area contributed by atoms with Crippen LogP contribution in [0.25, 0.3) is 0 Å². The molecular weight excluding hydrogens is 316 g/mol. The maximum absolute atomic E-state index is 12.7. The molecule has 2 aliphatic rings. The van der Waals surface area contributed by atoms with Gasteiger partial charge in [-0.05, 0) is 33.4 Å². The summed E-state index contributed by atoms with van der Waals surface area (Å²) in [7, 11) is -2.91. The first-order valence-electron chi connectivity index (χ1n) is 7.16. The lowest BCUT2D eigenvalue weighted by molar-refractivity contribution is 0.188. The van der Waals surface area contributed by atoms with E-state index in [2.05, 4.69) is 0 Å². The van der Waals surface area contributed by atoms with E-state index in [1.165, 1.54) is 4.31 Å². The molecule has 9 heteroatoms. The molecule has 2 aliphatic heterocycles. The monoisotopic (exact) mass is 340 g/mol. The highest BCUT2D eigenvalue weighted by atomic mass is 32.2. The lowest BCUT2D eigenvalue weighted by atomic mass is 10.2. The highest BCUT2D eigenvalue weighted by Gasteiger charge is 2.44. The Hall–Kier alpha value is -0.220. The minimum Gasteiger partial charge on any atom is -0.392 e. The van der Waals surface area contributed by atoms with Gasteiger partial charge in [-0.1, -0.05) is 0 Å². The van der Waals surface area contributed by atoms with Crippen LogP contribution < -0.4 is 0 Å². The molecule has 124 valence electrons. The predicted octanol–water partition coefficient (Wildman–Crippen LogP) is -1.11. The number of β-amino-alcohol motifs (C(OH)–C–C–N with tert-alkyl or cyclic N) is 1. The number of hydrogen-bond acceptors (Lipinski definition) is 6. The van der Waals surface area contributed by atoms with E-state index < -0.39 is 31.2 Å². The summed E-state index contributed by atoms with van der Waals surface area (Å²) in [6, 6.07) is -0.237. The maximum atomic E-state index is 12.7. The van der Waals surface area contributed by atoms with Gasteiger partial charge in [-0.15, -0.1) is 0 Å². The minimum absolute atomic E-state index is 0.0639. The largest absolute Gasteiger partial charge is 0.392 e. The number of hydrogen-bond donors (Lipinski definition) is 1. The Kier molecular flexibility index (Phi) is 4.99. The molecule has 2 fully saturated rings. The van der Waals surface area contributed by atoms with E-state index in [1.807, 2.05) is 19.0 Å². The molecule has 0 radical (unpaired) electrons. The Morgan fingerprint density at radius 3 is 2.33 bits per heavy atom. The third-order valence-corrected chi connectivity index (χ3v) is 8.30. The first-order chi connectivity index (χ1) is 9.62. The fourth-order valence-corrected chi connectivity index (χ4v) is 7.07. The van der Waals surface area contributed by atoms with E-state index in [0.717, 1.165) is 0 Å². The van der Waals surface area contributed by atoms with E-state index in [9.17, 15) is 21.9 Å². The fourth-order valence-electron chi connectivity index (χ4n) is 3.12. The van der Waals surface area contributed by atoms with Crippen molar-refractivity contribution in [2.24, 2.45) is 0 Å². The number of nitrogens with zero attached hydrogens (tertiary/aromatic N) is 2. The van der Waals surface area contributed by atoms with Crippen molar-refractivity contribution in [1.29, 1.82) is 0 Å². The van der Waals surface area contributed by atoms with Gasteiger partial charge in [0.25, 0.3) is 0 Å². The van der Waals surface area contributed by atoms with Crippen LogP contribution >= 0.6 is 0 Å². The molecule has 2 atom stereocenters. The summed E-state index contributed by atoms with van der Waals surface area (Å²) in [4.78, 5) is 1.90.